The van der Waals surface area contributed by atoms with Crippen molar-refractivity contribution in [2.45, 2.75) is 70.2 Å². The normalized spacial score (nSPS) is 20.8. The number of rotatable bonds is 8. The van der Waals surface area contributed by atoms with Gasteiger partial charge in [0.15, 0.2) is 0 Å². The maximum atomic E-state index is 14.9. The number of fused-ring (bicyclic) bond motifs is 1. The first-order valence-electron chi connectivity index (χ1n) is 14.5. The van der Waals surface area contributed by atoms with Crippen molar-refractivity contribution in [3.63, 3.8) is 0 Å². The maximum absolute atomic E-state index is 14.9. The molecule has 218 valence electrons. The number of carbonyl (C=O) groups is 2. The summed E-state index contributed by atoms with van der Waals surface area (Å²) in [4.78, 5) is 37.8. The van der Waals surface area contributed by atoms with Gasteiger partial charge < -0.3 is 15.4 Å². The Hall–Kier alpha value is -4.11. The summed E-state index contributed by atoms with van der Waals surface area (Å²) in [7, 11) is 1.51. The third kappa shape index (κ3) is 5.79. The molecule has 2 aliphatic heterocycles. The molecule has 1 aromatic heterocycles. The molecule has 2 aromatic carbocycles. The molecule has 2 N–H and O–H groups in total. The second kappa shape index (κ2) is 11.3. The van der Waals surface area contributed by atoms with Crippen molar-refractivity contribution in [3.8, 4) is 5.75 Å². The van der Waals surface area contributed by atoms with Crippen LogP contribution in [0.4, 0.5) is 4.39 Å². The van der Waals surface area contributed by atoms with Crippen molar-refractivity contribution >= 4 is 17.5 Å². The fraction of sp³-hybridized carbons (Fsp3) is 0.394. The summed E-state index contributed by atoms with van der Waals surface area (Å²) < 4.78 is 20.4. The van der Waals surface area contributed by atoms with Gasteiger partial charge >= 0.3 is 0 Å². The van der Waals surface area contributed by atoms with E-state index < -0.39 is 6.04 Å². The summed E-state index contributed by atoms with van der Waals surface area (Å²) in [6, 6.07) is 13.7. The molecule has 1 aliphatic carbocycles. The fourth-order valence-electron chi connectivity index (χ4n) is 5.95. The van der Waals surface area contributed by atoms with E-state index in [0.29, 0.717) is 42.8 Å². The SMILES string of the molecule is COc1cccc(F)c1CN1C[C@H](NC(=O)c2ccc3c(c2)C(c2ccnc(C)c2)=NC3)CC[C@H]1C(=O)NC1(C)CC1. The van der Waals surface area contributed by atoms with E-state index in [9.17, 15) is 14.0 Å². The number of benzene rings is 2. The van der Waals surface area contributed by atoms with Crippen LogP contribution in [-0.2, 0) is 17.9 Å². The predicted octanol–water partition coefficient (Wildman–Crippen LogP) is 4.32. The number of piperidine rings is 1. The zero-order valence-electron chi connectivity index (χ0n) is 24.2. The van der Waals surface area contributed by atoms with E-state index in [-0.39, 0.29) is 35.8 Å². The van der Waals surface area contributed by atoms with Crippen molar-refractivity contribution in [1.82, 2.24) is 20.5 Å². The quantitative estimate of drug-likeness (QED) is 0.421. The topological polar surface area (TPSA) is 95.9 Å². The smallest absolute Gasteiger partial charge is 0.251 e. The molecule has 6 rings (SSSR count). The van der Waals surface area contributed by atoms with Gasteiger partial charge in [0, 0.05) is 58.8 Å². The van der Waals surface area contributed by atoms with Crippen LogP contribution in [0.25, 0.3) is 0 Å². The maximum Gasteiger partial charge on any atom is 0.251 e. The third-order valence-corrected chi connectivity index (χ3v) is 8.61. The number of aromatic nitrogens is 1. The van der Waals surface area contributed by atoms with Crippen molar-refractivity contribution in [2.75, 3.05) is 13.7 Å². The molecule has 0 bridgehead atoms. The fourth-order valence-corrected chi connectivity index (χ4v) is 5.95. The van der Waals surface area contributed by atoms with Crippen LogP contribution < -0.4 is 15.4 Å². The molecule has 3 aliphatic rings. The molecule has 1 saturated heterocycles. The van der Waals surface area contributed by atoms with Crippen molar-refractivity contribution < 1.29 is 18.7 Å². The van der Waals surface area contributed by atoms with Crippen LogP contribution in [0.1, 0.15) is 70.9 Å². The Balaban J connectivity index is 1.20. The van der Waals surface area contributed by atoms with Gasteiger partial charge in [-0.2, -0.15) is 0 Å². The zero-order chi connectivity index (χ0) is 29.4. The van der Waals surface area contributed by atoms with Gasteiger partial charge in [-0.15, -0.1) is 0 Å². The second-order valence-corrected chi connectivity index (χ2v) is 11.9. The van der Waals surface area contributed by atoms with Crippen molar-refractivity contribution in [1.29, 1.82) is 0 Å². The Kier molecular flexibility index (Phi) is 7.53. The number of aliphatic imine (C=N–C) groups is 1. The number of hydrogen-bond donors (Lipinski definition) is 2. The van der Waals surface area contributed by atoms with Crippen LogP contribution in [0.2, 0.25) is 0 Å². The lowest BCUT2D eigenvalue weighted by atomic mass is 9.95. The van der Waals surface area contributed by atoms with Crippen molar-refractivity contribution in [2.24, 2.45) is 4.99 Å². The molecule has 0 spiro atoms. The number of hydrogen-bond acceptors (Lipinski definition) is 6. The Labute approximate surface area is 245 Å². The number of carbonyl (C=O) groups excluding carboxylic acids is 2. The molecule has 3 heterocycles. The largest absolute Gasteiger partial charge is 0.496 e. The highest BCUT2D eigenvalue weighted by Crippen LogP contribution is 2.35. The summed E-state index contributed by atoms with van der Waals surface area (Å²) in [5, 5.41) is 6.36. The molecule has 42 heavy (non-hydrogen) atoms. The number of aryl methyl sites for hydroxylation is 1. The Morgan fingerprint density at radius 2 is 1.98 bits per heavy atom. The monoisotopic (exact) mass is 569 g/mol. The minimum absolute atomic E-state index is 0.0492. The number of amides is 2. The highest BCUT2D eigenvalue weighted by Gasteiger charge is 2.42. The summed E-state index contributed by atoms with van der Waals surface area (Å²) in [6.07, 6.45) is 4.87. The minimum atomic E-state index is -0.428. The first-order valence-corrected chi connectivity index (χ1v) is 14.5. The van der Waals surface area contributed by atoms with Crippen LogP contribution >= 0.6 is 0 Å². The molecule has 2 amide bonds. The van der Waals surface area contributed by atoms with Gasteiger partial charge in [-0.05, 0) is 81.5 Å². The lowest BCUT2D eigenvalue weighted by molar-refractivity contribution is -0.129. The molecule has 8 nitrogen and oxygen atoms in total. The Morgan fingerprint density at radius 3 is 2.74 bits per heavy atom. The van der Waals surface area contributed by atoms with Gasteiger partial charge in [-0.3, -0.25) is 24.5 Å². The Bertz CT molecular complexity index is 1570. The van der Waals surface area contributed by atoms with Crippen LogP contribution in [-0.4, -0.2) is 58.7 Å². The third-order valence-electron chi connectivity index (χ3n) is 8.61. The van der Waals surface area contributed by atoms with Gasteiger partial charge in [0.1, 0.15) is 11.6 Å². The van der Waals surface area contributed by atoms with Gasteiger partial charge in [0.05, 0.1) is 25.4 Å². The molecular weight excluding hydrogens is 533 g/mol. The first-order chi connectivity index (χ1) is 20.2. The lowest BCUT2D eigenvalue weighted by Gasteiger charge is -2.39. The molecule has 1 saturated carbocycles. The first kappa shape index (κ1) is 28.0. The summed E-state index contributed by atoms with van der Waals surface area (Å²) >= 11 is 0. The number of ether oxygens (including phenoxy) is 1. The van der Waals surface area contributed by atoms with Gasteiger partial charge in [0.25, 0.3) is 5.91 Å². The summed E-state index contributed by atoms with van der Waals surface area (Å²) in [6.45, 7) is 5.17. The van der Waals surface area contributed by atoms with E-state index >= 15 is 0 Å². The van der Waals surface area contributed by atoms with Crippen LogP contribution in [0, 0.1) is 12.7 Å². The van der Waals surface area contributed by atoms with Crippen LogP contribution in [0.3, 0.4) is 0 Å². The number of methoxy groups -OCH3 is 1. The van der Waals surface area contributed by atoms with E-state index in [2.05, 4.69) is 15.6 Å². The number of halogens is 1. The highest BCUT2D eigenvalue weighted by molar-refractivity contribution is 6.16. The van der Waals surface area contributed by atoms with E-state index in [1.807, 2.05) is 49.1 Å². The second-order valence-electron chi connectivity index (χ2n) is 11.9. The number of likely N-dealkylation sites (tertiary alicyclic amines) is 1. The number of nitrogens with one attached hydrogen (secondary N) is 2. The van der Waals surface area contributed by atoms with Gasteiger partial charge in [-0.25, -0.2) is 4.39 Å². The number of pyridine rings is 1. The van der Waals surface area contributed by atoms with Crippen molar-refractivity contribution in [3.05, 3.63) is 94.1 Å². The molecule has 2 fully saturated rings. The van der Waals surface area contributed by atoms with Gasteiger partial charge in [0.2, 0.25) is 5.91 Å². The Morgan fingerprint density at radius 1 is 1.14 bits per heavy atom. The van der Waals surface area contributed by atoms with E-state index in [0.717, 1.165) is 40.9 Å². The van der Waals surface area contributed by atoms with Gasteiger partial charge in [-0.1, -0.05) is 12.1 Å². The molecule has 0 radical (unpaired) electrons. The summed E-state index contributed by atoms with van der Waals surface area (Å²) in [5.74, 6) is -0.174. The molecule has 3 aromatic rings. The molecule has 2 atom stereocenters. The average molecular weight is 570 g/mol. The van der Waals surface area contributed by atoms with E-state index in [1.165, 1.54) is 13.2 Å². The molecule has 0 unspecified atom stereocenters. The number of nitrogens with zero attached hydrogens (tertiary/aromatic N) is 3. The highest BCUT2D eigenvalue weighted by atomic mass is 19.1. The van der Waals surface area contributed by atoms with Crippen LogP contribution in [0.5, 0.6) is 5.75 Å². The summed E-state index contributed by atoms with van der Waals surface area (Å²) in [5.41, 5.74) is 5.59. The zero-order valence-corrected chi connectivity index (χ0v) is 24.2. The van der Waals surface area contributed by atoms with E-state index in [1.54, 1.807) is 18.3 Å². The van der Waals surface area contributed by atoms with Crippen LogP contribution in [0.15, 0.2) is 59.7 Å². The lowest BCUT2D eigenvalue weighted by Crippen LogP contribution is -2.57. The molecule has 9 heteroatoms. The van der Waals surface area contributed by atoms with E-state index in [4.69, 9.17) is 9.73 Å². The predicted molar refractivity (Wildman–Crippen MR) is 158 cm³/mol. The minimum Gasteiger partial charge on any atom is -0.496 e. The average Bonchev–Trinajstić information content (AvgIpc) is 3.54. The molecular formula is C33H36FN5O3. The standard InChI is InChI=1S/C33H36FN5O3/c1-20-15-21(11-14-35-20)30-25-16-22(7-8-23(25)17-36-30)31(40)37-24-9-10-28(32(41)38-33(2)12-13-33)39(18-24)19-26-27(34)5-4-6-29(26)42-3/h4-8,11,14-16,24,28H,9-10,12-13,17-19H2,1-3H3,(H,37,40)(H,38,41)/t24-,28+/m1/s1.